The van der Waals surface area contributed by atoms with E-state index in [2.05, 4.69) is 144 Å². The largest absolute Gasteiger partial charge is 0.298 e. The molecule has 0 amide bonds. The van der Waals surface area contributed by atoms with Gasteiger partial charge in [-0.2, -0.15) is 0 Å². The monoisotopic (exact) mass is 691 g/mol. The molecule has 10 rings (SSSR count). The van der Waals surface area contributed by atoms with E-state index < -0.39 is 0 Å². The second-order valence-electron chi connectivity index (χ2n) is 13.5. The van der Waals surface area contributed by atoms with Crippen molar-refractivity contribution in [3.05, 3.63) is 205 Å². The van der Waals surface area contributed by atoms with Crippen molar-refractivity contribution in [1.82, 2.24) is 19.4 Å². The van der Waals surface area contributed by atoms with Crippen LogP contribution in [-0.4, -0.2) is 25.1 Å². The van der Waals surface area contributed by atoms with Gasteiger partial charge in [0.1, 0.15) is 5.65 Å². The average molecular weight is 692 g/mol. The maximum atomic E-state index is 5.27. The minimum absolute atomic E-state index is 0.692. The molecule has 0 saturated heterocycles. The Labute approximate surface area is 313 Å². The van der Waals surface area contributed by atoms with E-state index in [1.54, 1.807) is 0 Å². The lowest BCUT2D eigenvalue weighted by Crippen LogP contribution is -1.99. The average Bonchev–Trinajstić information content (AvgIpc) is 3.47. The van der Waals surface area contributed by atoms with E-state index in [-0.39, 0.29) is 0 Å². The first-order valence-electron chi connectivity index (χ1n) is 18.2. The second kappa shape index (κ2) is 13.4. The van der Waals surface area contributed by atoms with E-state index in [1.165, 1.54) is 5.57 Å². The van der Waals surface area contributed by atoms with Gasteiger partial charge in [0.15, 0.2) is 5.82 Å². The summed E-state index contributed by atoms with van der Waals surface area (Å²) in [6, 6.07) is 58.5. The molecule has 4 heterocycles. The molecule has 1 aliphatic rings. The first-order valence-corrected chi connectivity index (χ1v) is 18.2. The van der Waals surface area contributed by atoms with Crippen LogP contribution in [0.3, 0.4) is 0 Å². The normalized spacial score (nSPS) is 13.1. The van der Waals surface area contributed by atoms with Gasteiger partial charge in [-0.05, 0) is 47.2 Å². The molecule has 6 aromatic carbocycles. The van der Waals surface area contributed by atoms with Gasteiger partial charge in [0.2, 0.25) is 0 Å². The SMILES string of the molecule is C1=C(c2ccccc2)N=C(c2ccccc2)C=C(c2cn3c4ccc(-c5cc(-c6ccccc6)nc(-c6ccccc6)n5)cc4nc3c3ccccc23)C1. The molecule has 5 nitrogen and oxygen atoms in total. The maximum Gasteiger partial charge on any atom is 0.160 e. The Hall–Kier alpha value is -7.24. The number of hydrogen-bond acceptors (Lipinski definition) is 4. The summed E-state index contributed by atoms with van der Waals surface area (Å²) in [5, 5.41) is 2.26. The molecule has 5 heteroatoms. The number of allylic oxidation sites excluding steroid dienone is 3. The van der Waals surface area contributed by atoms with Crippen LogP contribution in [0, 0.1) is 0 Å². The molecule has 0 aliphatic carbocycles. The molecule has 0 unspecified atom stereocenters. The van der Waals surface area contributed by atoms with Crippen molar-refractivity contribution >= 4 is 44.4 Å². The second-order valence-corrected chi connectivity index (χ2v) is 13.5. The zero-order valence-electron chi connectivity index (χ0n) is 29.3. The smallest absolute Gasteiger partial charge is 0.160 e. The molecule has 3 aromatic heterocycles. The third-order valence-electron chi connectivity index (χ3n) is 10.1. The minimum atomic E-state index is 0.692. The number of hydrogen-bond donors (Lipinski definition) is 0. The highest BCUT2D eigenvalue weighted by Gasteiger charge is 2.19. The number of nitrogens with zero attached hydrogens (tertiary/aromatic N) is 5. The Morgan fingerprint density at radius 1 is 0.481 bits per heavy atom. The van der Waals surface area contributed by atoms with Gasteiger partial charge in [-0.3, -0.25) is 4.40 Å². The highest BCUT2D eigenvalue weighted by atomic mass is 15.0. The van der Waals surface area contributed by atoms with Crippen molar-refractivity contribution in [2.45, 2.75) is 6.42 Å². The van der Waals surface area contributed by atoms with Crippen LogP contribution in [0.15, 0.2) is 193 Å². The van der Waals surface area contributed by atoms with Crippen LogP contribution >= 0.6 is 0 Å². The number of aromatic nitrogens is 4. The summed E-state index contributed by atoms with van der Waals surface area (Å²) in [5.74, 6) is 0.692. The number of fused-ring (bicyclic) bond motifs is 5. The zero-order valence-corrected chi connectivity index (χ0v) is 29.3. The van der Waals surface area contributed by atoms with Crippen LogP contribution in [0.1, 0.15) is 23.1 Å². The van der Waals surface area contributed by atoms with Gasteiger partial charge >= 0.3 is 0 Å². The Morgan fingerprint density at radius 3 is 1.78 bits per heavy atom. The Kier molecular flexibility index (Phi) is 7.81. The number of benzene rings is 6. The molecule has 0 radical (unpaired) electrons. The van der Waals surface area contributed by atoms with Crippen molar-refractivity contribution < 1.29 is 0 Å². The molecule has 0 atom stereocenters. The third kappa shape index (κ3) is 5.78. The Morgan fingerprint density at radius 2 is 1.07 bits per heavy atom. The van der Waals surface area contributed by atoms with E-state index in [1.807, 2.05) is 48.5 Å². The van der Waals surface area contributed by atoms with Crippen LogP contribution in [0.25, 0.3) is 72.6 Å². The van der Waals surface area contributed by atoms with Crippen LogP contribution in [0.4, 0.5) is 0 Å². The maximum absolute atomic E-state index is 5.27. The summed E-state index contributed by atoms with van der Waals surface area (Å²) in [5.41, 5.74) is 14.1. The van der Waals surface area contributed by atoms with Gasteiger partial charge in [-0.1, -0.05) is 158 Å². The topological polar surface area (TPSA) is 55.4 Å². The zero-order chi connectivity index (χ0) is 35.8. The van der Waals surface area contributed by atoms with Gasteiger partial charge in [0.05, 0.1) is 33.8 Å². The molecule has 0 fully saturated rings. The number of imidazole rings is 1. The quantitative estimate of drug-likeness (QED) is 0.174. The van der Waals surface area contributed by atoms with E-state index in [9.17, 15) is 0 Å². The number of pyridine rings is 1. The summed E-state index contributed by atoms with van der Waals surface area (Å²) in [7, 11) is 0. The highest BCUT2D eigenvalue weighted by Crippen LogP contribution is 2.36. The lowest BCUT2D eigenvalue weighted by molar-refractivity contribution is 1.18. The highest BCUT2D eigenvalue weighted by molar-refractivity contribution is 6.16. The first kappa shape index (κ1) is 31.5. The standard InChI is InChI=1S/C49H33N5/c1-5-15-33(16-6-1)42-27-25-37(29-43(50-42)34-17-7-2-8-18-34)41-32-54-47-28-26-38(30-46(47)53-49(54)40-24-14-13-23-39(40)41)45-31-44(35-19-9-3-10-20-35)51-48(52-45)36-21-11-4-12-22-36/h1-24,26-32H,25H2. The van der Waals surface area contributed by atoms with E-state index in [0.717, 1.165) is 90.1 Å². The predicted molar refractivity (Wildman–Crippen MR) is 222 cm³/mol. The first-order chi connectivity index (χ1) is 26.7. The molecule has 0 N–H and O–H groups in total. The van der Waals surface area contributed by atoms with Crippen molar-refractivity contribution in [2.75, 3.05) is 0 Å². The summed E-state index contributed by atoms with van der Waals surface area (Å²) >= 11 is 0. The lowest BCUT2D eigenvalue weighted by atomic mass is 9.96. The Balaban J connectivity index is 1.13. The van der Waals surface area contributed by atoms with Gasteiger partial charge in [0.25, 0.3) is 0 Å². The molecule has 254 valence electrons. The van der Waals surface area contributed by atoms with Crippen LogP contribution in [0.5, 0.6) is 0 Å². The summed E-state index contributed by atoms with van der Waals surface area (Å²) in [4.78, 5) is 20.6. The van der Waals surface area contributed by atoms with E-state index >= 15 is 0 Å². The molecule has 0 saturated carbocycles. The number of aliphatic imine (C=N–C) groups is 1. The fraction of sp³-hybridized carbons (Fsp3) is 0.0204. The molecular formula is C49H33N5. The number of rotatable bonds is 6. The minimum Gasteiger partial charge on any atom is -0.298 e. The van der Waals surface area contributed by atoms with Crippen LogP contribution in [0.2, 0.25) is 0 Å². The Bertz CT molecular complexity index is 2870. The molecular weight excluding hydrogens is 659 g/mol. The van der Waals surface area contributed by atoms with Gasteiger partial charge in [0, 0.05) is 39.4 Å². The molecule has 1 aliphatic heterocycles. The third-order valence-corrected chi connectivity index (χ3v) is 10.1. The van der Waals surface area contributed by atoms with Crippen molar-refractivity contribution in [1.29, 1.82) is 0 Å². The fourth-order valence-corrected chi connectivity index (χ4v) is 7.39. The van der Waals surface area contributed by atoms with Crippen molar-refractivity contribution in [2.24, 2.45) is 4.99 Å². The molecule has 0 bridgehead atoms. The summed E-state index contributed by atoms with van der Waals surface area (Å²) < 4.78 is 2.24. The van der Waals surface area contributed by atoms with Crippen LogP contribution < -0.4 is 0 Å². The molecule has 54 heavy (non-hydrogen) atoms. The van der Waals surface area contributed by atoms with Gasteiger partial charge in [-0.15, -0.1) is 0 Å². The van der Waals surface area contributed by atoms with E-state index in [0.29, 0.717) is 5.82 Å². The van der Waals surface area contributed by atoms with Crippen molar-refractivity contribution in [3.8, 4) is 33.9 Å². The van der Waals surface area contributed by atoms with Crippen LogP contribution in [-0.2, 0) is 0 Å². The molecule has 9 aromatic rings. The van der Waals surface area contributed by atoms with Crippen molar-refractivity contribution in [3.63, 3.8) is 0 Å². The fourth-order valence-electron chi connectivity index (χ4n) is 7.39. The summed E-state index contributed by atoms with van der Waals surface area (Å²) in [6.07, 6.45) is 7.51. The predicted octanol–water partition coefficient (Wildman–Crippen LogP) is 11.7. The molecule has 0 spiro atoms. The van der Waals surface area contributed by atoms with Gasteiger partial charge < -0.3 is 0 Å². The summed E-state index contributed by atoms with van der Waals surface area (Å²) in [6.45, 7) is 0. The van der Waals surface area contributed by atoms with Gasteiger partial charge in [-0.25, -0.2) is 19.9 Å². The lowest BCUT2D eigenvalue weighted by Gasteiger charge is -2.12. The van der Waals surface area contributed by atoms with E-state index in [4.69, 9.17) is 19.9 Å².